The Labute approximate surface area is 85.5 Å². The van der Waals surface area contributed by atoms with Gasteiger partial charge >= 0.3 is 8.56 Å². The molecule has 72 valence electrons. The lowest BCUT2D eigenvalue weighted by Gasteiger charge is -2.23. The van der Waals surface area contributed by atoms with Gasteiger partial charge in [-0.25, -0.2) is 0 Å². The lowest BCUT2D eigenvalue weighted by atomic mass is 10.4. The molecule has 0 heterocycles. The third kappa shape index (κ3) is 2.34. The smallest absolute Gasteiger partial charge is 0.368 e. The minimum Gasteiger partial charge on any atom is -0.394 e. The first-order valence-corrected chi connectivity index (χ1v) is 6.78. The second-order valence-corrected chi connectivity index (χ2v) is 6.71. The first-order valence-electron chi connectivity index (χ1n) is 4.02. The molecule has 0 aliphatic carbocycles. The fourth-order valence-electron chi connectivity index (χ4n) is 1.11. The van der Waals surface area contributed by atoms with Crippen LogP contribution in [0, 0.1) is 0 Å². The zero-order valence-electron chi connectivity index (χ0n) is 8.07. The highest BCUT2D eigenvalue weighted by Crippen LogP contribution is 2.09. The van der Waals surface area contributed by atoms with Gasteiger partial charge in [-0.3, -0.25) is 0 Å². The molecule has 0 aliphatic heterocycles. The predicted octanol–water partition coefficient (Wildman–Crippen LogP) is 1.55. The highest BCUT2D eigenvalue weighted by atomic mass is 32.1. The largest absolute Gasteiger partial charge is 0.394 e. The van der Waals surface area contributed by atoms with Gasteiger partial charge < -0.3 is 8.85 Å². The van der Waals surface area contributed by atoms with Gasteiger partial charge in [-0.1, -0.05) is 12.1 Å². The summed E-state index contributed by atoms with van der Waals surface area (Å²) in [5.74, 6) is 0. The normalized spacial score (nSPS) is 11.7. The van der Waals surface area contributed by atoms with Crippen LogP contribution in [0.1, 0.15) is 0 Å². The summed E-state index contributed by atoms with van der Waals surface area (Å²) < 4.78 is 10.8. The molecule has 0 aromatic heterocycles. The number of rotatable bonds is 3. The van der Waals surface area contributed by atoms with E-state index in [-0.39, 0.29) is 0 Å². The maximum absolute atomic E-state index is 5.41. The summed E-state index contributed by atoms with van der Waals surface area (Å²) in [5.41, 5.74) is 0. The van der Waals surface area contributed by atoms with Gasteiger partial charge in [0.15, 0.2) is 0 Å². The van der Waals surface area contributed by atoms with Crippen LogP contribution in [0.3, 0.4) is 0 Å². The fraction of sp³-hybridized carbons (Fsp3) is 0.333. The summed E-state index contributed by atoms with van der Waals surface area (Å²) in [7, 11) is 1.21. The van der Waals surface area contributed by atoms with Gasteiger partial charge in [0.05, 0.1) is 0 Å². The average molecular weight is 214 g/mol. The lowest BCUT2D eigenvalue weighted by Crippen LogP contribution is -2.49. The Hall–Kier alpha value is -0.293. The Bertz CT molecular complexity index is 287. The average Bonchev–Trinajstić information content (AvgIpc) is 2.17. The second kappa shape index (κ2) is 4.28. The van der Waals surface area contributed by atoms with Gasteiger partial charge in [0, 0.05) is 19.1 Å². The maximum atomic E-state index is 5.41. The molecule has 1 aromatic rings. The number of thiol groups is 1. The van der Waals surface area contributed by atoms with E-state index in [4.69, 9.17) is 8.85 Å². The summed E-state index contributed by atoms with van der Waals surface area (Å²) in [4.78, 5) is 0.935. The SMILES string of the molecule is CO[Si](C)(OC)c1cccc(S)c1. The van der Waals surface area contributed by atoms with Crippen LogP contribution in [0.25, 0.3) is 0 Å². The molecule has 0 bridgehead atoms. The molecule has 1 aromatic carbocycles. The van der Waals surface area contributed by atoms with Gasteiger partial charge in [-0.05, 0) is 23.9 Å². The molecule has 0 saturated carbocycles. The van der Waals surface area contributed by atoms with E-state index in [1.165, 1.54) is 0 Å². The third-order valence-corrected chi connectivity index (χ3v) is 5.35. The predicted molar refractivity (Wildman–Crippen MR) is 59.0 cm³/mol. The molecule has 0 N–H and O–H groups in total. The fourth-order valence-corrected chi connectivity index (χ4v) is 2.91. The van der Waals surface area contributed by atoms with E-state index in [9.17, 15) is 0 Å². The van der Waals surface area contributed by atoms with Crippen LogP contribution in [0.2, 0.25) is 6.55 Å². The van der Waals surface area contributed by atoms with Crippen molar-refractivity contribution in [1.29, 1.82) is 0 Å². The molecule has 13 heavy (non-hydrogen) atoms. The number of hydrogen-bond acceptors (Lipinski definition) is 3. The van der Waals surface area contributed by atoms with Crippen molar-refractivity contribution >= 4 is 26.4 Å². The lowest BCUT2D eigenvalue weighted by molar-refractivity contribution is 0.265. The van der Waals surface area contributed by atoms with E-state index >= 15 is 0 Å². The summed E-state index contributed by atoms with van der Waals surface area (Å²) >= 11 is 4.27. The number of benzene rings is 1. The zero-order chi connectivity index (χ0) is 9.90. The molecule has 4 heteroatoms. The standard InChI is InChI=1S/C9H14O2SSi/c1-10-13(3,11-2)9-6-4-5-8(12)7-9/h4-7,12H,1-3H3. The molecule has 0 aliphatic rings. The summed E-state index contributed by atoms with van der Waals surface area (Å²) in [6.07, 6.45) is 0. The monoisotopic (exact) mass is 214 g/mol. The van der Waals surface area contributed by atoms with Crippen molar-refractivity contribution in [3.05, 3.63) is 24.3 Å². The Kier molecular flexibility index (Phi) is 3.55. The molecule has 0 amide bonds. The van der Waals surface area contributed by atoms with Crippen LogP contribution in [0.15, 0.2) is 29.2 Å². The van der Waals surface area contributed by atoms with Gasteiger partial charge in [-0.2, -0.15) is 0 Å². The quantitative estimate of drug-likeness (QED) is 0.608. The van der Waals surface area contributed by atoms with Crippen molar-refractivity contribution in [3.8, 4) is 0 Å². The third-order valence-electron chi connectivity index (χ3n) is 2.15. The highest BCUT2D eigenvalue weighted by molar-refractivity contribution is 7.80. The molecule has 2 nitrogen and oxygen atoms in total. The summed E-state index contributed by atoms with van der Waals surface area (Å²) in [6.45, 7) is 2.01. The van der Waals surface area contributed by atoms with Crippen molar-refractivity contribution < 1.29 is 8.85 Å². The van der Waals surface area contributed by atoms with Crippen LogP contribution >= 0.6 is 12.6 Å². The molecular formula is C9H14O2SSi. The van der Waals surface area contributed by atoms with E-state index in [0.29, 0.717) is 0 Å². The van der Waals surface area contributed by atoms with Crippen LogP contribution in [-0.2, 0) is 8.85 Å². The zero-order valence-corrected chi connectivity index (χ0v) is 9.97. The second-order valence-electron chi connectivity index (χ2n) is 2.90. The first-order chi connectivity index (χ1) is 6.12. The highest BCUT2D eigenvalue weighted by Gasteiger charge is 2.31. The molecule has 0 fully saturated rings. The van der Waals surface area contributed by atoms with E-state index < -0.39 is 8.56 Å². The summed E-state index contributed by atoms with van der Waals surface area (Å²) in [6, 6.07) is 7.90. The van der Waals surface area contributed by atoms with Crippen molar-refractivity contribution in [2.45, 2.75) is 11.4 Å². The Morgan fingerprint density at radius 1 is 1.23 bits per heavy atom. The molecular weight excluding hydrogens is 200 g/mol. The van der Waals surface area contributed by atoms with E-state index in [1.54, 1.807) is 14.2 Å². The van der Waals surface area contributed by atoms with Gasteiger partial charge in [-0.15, -0.1) is 12.6 Å². The van der Waals surface area contributed by atoms with Crippen molar-refractivity contribution in [3.63, 3.8) is 0 Å². The van der Waals surface area contributed by atoms with Gasteiger partial charge in [0.2, 0.25) is 0 Å². The van der Waals surface area contributed by atoms with Crippen LogP contribution < -0.4 is 5.19 Å². The molecule has 0 unspecified atom stereocenters. The van der Waals surface area contributed by atoms with E-state index in [2.05, 4.69) is 12.6 Å². The number of hydrogen-bond donors (Lipinski definition) is 1. The maximum Gasteiger partial charge on any atom is 0.368 e. The molecule has 1 rings (SSSR count). The van der Waals surface area contributed by atoms with Crippen LogP contribution in [0.4, 0.5) is 0 Å². The van der Waals surface area contributed by atoms with Crippen LogP contribution in [-0.4, -0.2) is 22.8 Å². The van der Waals surface area contributed by atoms with Gasteiger partial charge in [0.1, 0.15) is 0 Å². The molecule has 0 radical (unpaired) electrons. The first kappa shape index (κ1) is 10.8. The van der Waals surface area contributed by atoms with E-state index in [0.717, 1.165) is 10.1 Å². The van der Waals surface area contributed by atoms with Crippen molar-refractivity contribution in [1.82, 2.24) is 0 Å². The summed E-state index contributed by atoms with van der Waals surface area (Å²) in [5, 5.41) is 1.10. The Morgan fingerprint density at radius 3 is 2.31 bits per heavy atom. The molecule has 0 atom stereocenters. The molecule has 0 saturated heterocycles. The van der Waals surface area contributed by atoms with Crippen LogP contribution in [0.5, 0.6) is 0 Å². The van der Waals surface area contributed by atoms with E-state index in [1.807, 2.05) is 30.8 Å². The Morgan fingerprint density at radius 2 is 1.85 bits per heavy atom. The van der Waals surface area contributed by atoms with Crippen molar-refractivity contribution in [2.24, 2.45) is 0 Å². The molecule has 0 spiro atoms. The van der Waals surface area contributed by atoms with Gasteiger partial charge in [0.25, 0.3) is 0 Å². The minimum atomic E-state index is -2.15. The topological polar surface area (TPSA) is 18.5 Å². The Balaban J connectivity index is 3.05. The minimum absolute atomic E-state index is 0.935. The van der Waals surface area contributed by atoms with Crippen molar-refractivity contribution in [2.75, 3.05) is 14.2 Å².